The van der Waals surface area contributed by atoms with Gasteiger partial charge in [0.25, 0.3) is 0 Å². The molecule has 2 rings (SSSR count). The Labute approximate surface area is 184 Å². The largest absolute Gasteiger partial charge is 0.444 e. The highest BCUT2D eigenvalue weighted by molar-refractivity contribution is 14.1. The summed E-state index contributed by atoms with van der Waals surface area (Å²) in [7, 11) is 0. The number of carbonyl (C=O) groups excluding carboxylic acids is 1. The van der Waals surface area contributed by atoms with E-state index in [-0.39, 0.29) is 22.5 Å². The van der Waals surface area contributed by atoms with Crippen LogP contribution in [0.5, 0.6) is 0 Å². The molecule has 0 bridgehead atoms. The maximum Gasteiger partial charge on any atom is 0.411 e. The number of hydrogen-bond donors (Lipinski definition) is 0. The first-order valence-corrected chi connectivity index (χ1v) is 11.1. The van der Waals surface area contributed by atoms with Crippen LogP contribution in [-0.2, 0) is 10.3 Å². The van der Waals surface area contributed by atoms with Crippen LogP contribution in [0.3, 0.4) is 0 Å². The van der Waals surface area contributed by atoms with Crippen molar-refractivity contribution in [1.82, 2.24) is 14.7 Å². The van der Waals surface area contributed by atoms with E-state index in [2.05, 4.69) is 95.8 Å². The van der Waals surface area contributed by atoms with Crippen molar-refractivity contribution in [2.45, 2.75) is 105 Å². The van der Waals surface area contributed by atoms with Crippen LogP contribution < -0.4 is 0 Å². The number of piperidine rings is 1. The Morgan fingerprint density at radius 2 is 1.39 bits per heavy atom. The van der Waals surface area contributed by atoms with E-state index in [0.717, 1.165) is 3.57 Å². The van der Waals surface area contributed by atoms with E-state index in [1.54, 1.807) is 0 Å². The fraction of sp³-hybridized carbons (Fsp3) is 0.818. The summed E-state index contributed by atoms with van der Waals surface area (Å²) >= 11 is 2.31. The van der Waals surface area contributed by atoms with Gasteiger partial charge in [0, 0.05) is 28.1 Å². The first-order valence-electron chi connectivity index (χ1n) is 9.99. The predicted molar refractivity (Wildman–Crippen MR) is 122 cm³/mol. The summed E-state index contributed by atoms with van der Waals surface area (Å²) in [5, 5.41) is 4.74. The standard InChI is InChI=1S/C22H38IN3O2/c1-17(2,3)28-16(27)26-20(8,9)18(4,5)22(12,19(6,7)21(26,10)11)25-14-15(23)13-24-25/h13-14H,1-12H3. The minimum atomic E-state index is -0.545. The Morgan fingerprint density at radius 3 is 1.71 bits per heavy atom. The van der Waals surface area contributed by atoms with Gasteiger partial charge in [0.05, 0.1) is 15.3 Å². The summed E-state index contributed by atoms with van der Waals surface area (Å²) in [5.41, 5.74) is -2.50. The molecule has 1 aromatic heterocycles. The van der Waals surface area contributed by atoms with Crippen molar-refractivity contribution in [3.8, 4) is 0 Å². The molecule has 28 heavy (non-hydrogen) atoms. The number of hydrogen-bond acceptors (Lipinski definition) is 3. The SMILES string of the molecule is CC(C)(C)OC(=O)N1C(C)(C)C(C)(C)C(C)(n2cc(I)cn2)C(C)(C)C1(C)C. The van der Waals surface area contributed by atoms with Crippen molar-refractivity contribution in [1.29, 1.82) is 0 Å². The van der Waals surface area contributed by atoms with Crippen LogP contribution in [0.4, 0.5) is 4.79 Å². The molecule has 0 radical (unpaired) electrons. The minimum Gasteiger partial charge on any atom is -0.444 e. The number of carbonyl (C=O) groups is 1. The average Bonchev–Trinajstić information content (AvgIpc) is 2.88. The monoisotopic (exact) mass is 503 g/mol. The van der Waals surface area contributed by atoms with Crippen molar-refractivity contribution in [2.75, 3.05) is 0 Å². The number of ether oxygens (including phenoxy) is 1. The molecule has 0 N–H and O–H groups in total. The van der Waals surface area contributed by atoms with E-state index < -0.39 is 16.7 Å². The molecule has 0 unspecified atom stereocenters. The minimum absolute atomic E-state index is 0.263. The highest BCUT2D eigenvalue weighted by atomic mass is 127. The van der Waals surface area contributed by atoms with Crippen LogP contribution in [-0.4, -0.2) is 37.5 Å². The zero-order valence-corrected chi connectivity index (χ0v) is 21.8. The van der Waals surface area contributed by atoms with Crippen molar-refractivity contribution in [2.24, 2.45) is 10.8 Å². The lowest BCUT2D eigenvalue weighted by Crippen LogP contribution is -2.82. The van der Waals surface area contributed by atoms with Gasteiger partial charge in [-0.25, -0.2) is 4.79 Å². The highest BCUT2D eigenvalue weighted by Crippen LogP contribution is 2.66. The van der Waals surface area contributed by atoms with E-state index in [4.69, 9.17) is 9.84 Å². The maximum atomic E-state index is 13.5. The lowest BCUT2D eigenvalue weighted by atomic mass is 9.44. The van der Waals surface area contributed by atoms with Gasteiger partial charge in [-0.1, -0.05) is 27.7 Å². The van der Waals surface area contributed by atoms with Crippen molar-refractivity contribution < 1.29 is 9.53 Å². The van der Waals surface area contributed by atoms with Gasteiger partial charge < -0.3 is 4.74 Å². The smallest absolute Gasteiger partial charge is 0.411 e. The van der Waals surface area contributed by atoms with Gasteiger partial charge in [-0.2, -0.15) is 5.10 Å². The van der Waals surface area contributed by atoms with Crippen LogP contribution in [0.25, 0.3) is 0 Å². The number of nitrogens with zero attached hydrogens (tertiary/aromatic N) is 3. The van der Waals surface area contributed by atoms with Gasteiger partial charge >= 0.3 is 6.09 Å². The van der Waals surface area contributed by atoms with E-state index in [1.165, 1.54) is 0 Å². The number of likely N-dealkylation sites (tertiary alicyclic amines) is 1. The van der Waals surface area contributed by atoms with Crippen LogP contribution in [0.2, 0.25) is 0 Å². The lowest BCUT2D eigenvalue weighted by molar-refractivity contribution is -0.235. The van der Waals surface area contributed by atoms with Gasteiger partial charge in [0.1, 0.15) is 5.60 Å². The van der Waals surface area contributed by atoms with E-state index in [9.17, 15) is 4.79 Å². The summed E-state index contributed by atoms with van der Waals surface area (Å²) in [6.07, 6.45) is 3.75. The molecular weight excluding hydrogens is 465 g/mol. The summed E-state index contributed by atoms with van der Waals surface area (Å²) in [4.78, 5) is 15.4. The van der Waals surface area contributed by atoms with Gasteiger partial charge in [-0.3, -0.25) is 9.58 Å². The van der Waals surface area contributed by atoms with Crippen LogP contribution in [0.15, 0.2) is 12.4 Å². The summed E-state index contributed by atoms with van der Waals surface area (Å²) in [5.74, 6) is 0. The highest BCUT2D eigenvalue weighted by Gasteiger charge is 2.72. The van der Waals surface area contributed by atoms with Gasteiger partial charge in [-0.05, 0) is 78.0 Å². The lowest BCUT2D eigenvalue weighted by Gasteiger charge is -2.73. The summed E-state index contributed by atoms with van der Waals surface area (Å²) < 4.78 is 9.10. The van der Waals surface area contributed by atoms with E-state index >= 15 is 0 Å². The molecule has 0 aromatic carbocycles. The third-order valence-electron chi connectivity index (χ3n) is 8.20. The Kier molecular flexibility index (Phi) is 5.33. The third kappa shape index (κ3) is 2.91. The fourth-order valence-electron chi connectivity index (χ4n) is 5.11. The molecule has 1 aliphatic heterocycles. The quantitative estimate of drug-likeness (QED) is 0.438. The van der Waals surface area contributed by atoms with E-state index in [1.807, 2.05) is 31.9 Å². The molecule has 0 spiro atoms. The topological polar surface area (TPSA) is 47.4 Å². The predicted octanol–water partition coefficient (Wildman–Crippen LogP) is 6.06. The number of halogens is 1. The van der Waals surface area contributed by atoms with Crippen LogP contribution in [0, 0.1) is 14.4 Å². The second-order valence-electron chi connectivity index (χ2n) is 11.4. The normalized spacial score (nSPS) is 24.7. The Morgan fingerprint density at radius 1 is 0.964 bits per heavy atom. The molecular formula is C22H38IN3O2. The van der Waals surface area contributed by atoms with Crippen molar-refractivity contribution in [3.63, 3.8) is 0 Å². The summed E-state index contributed by atoms with van der Waals surface area (Å²) in [6, 6.07) is 0. The molecule has 1 amide bonds. The third-order valence-corrected chi connectivity index (χ3v) is 8.75. The number of amides is 1. The van der Waals surface area contributed by atoms with Gasteiger partial charge in [0.15, 0.2) is 0 Å². The van der Waals surface area contributed by atoms with Crippen LogP contribution in [0.1, 0.15) is 83.1 Å². The first-order chi connectivity index (χ1) is 12.2. The molecule has 6 heteroatoms. The molecule has 1 aliphatic rings. The molecule has 0 aliphatic carbocycles. The van der Waals surface area contributed by atoms with Crippen LogP contribution >= 0.6 is 22.6 Å². The molecule has 5 nitrogen and oxygen atoms in total. The zero-order valence-electron chi connectivity index (χ0n) is 19.7. The number of rotatable bonds is 1. The first kappa shape index (κ1) is 23.5. The molecule has 1 saturated heterocycles. The number of aromatic nitrogens is 2. The molecule has 1 fully saturated rings. The molecule has 2 heterocycles. The molecule has 1 aromatic rings. The Bertz CT molecular complexity index is 741. The zero-order chi connectivity index (χ0) is 22.1. The summed E-state index contributed by atoms with van der Waals surface area (Å²) in [6.45, 7) is 25.6. The molecule has 0 atom stereocenters. The Balaban J connectivity index is 2.78. The second kappa shape index (κ2) is 6.35. The molecule has 160 valence electrons. The average molecular weight is 503 g/mol. The molecule has 0 saturated carbocycles. The Hall–Kier alpha value is -0.790. The maximum absolute atomic E-state index is 13.5. The van der Waals surface area contributed by atoms with Crippen molar-refractivity contribution >= 4 is 28.7 Å². The van der Waals surface area contributed by atoms with Crippen molar-refractivity contribution in [3.05, 3.63) is 16.0 Å². The van der Waals surface area contributed by atoms with Gasteiger partial charge in [-0.15, -0.1) is 0 Å². The second-order valence-corrected chi connectivity index (χ2v) is 12.6. The van der Waals surface area contributed by atoms with E-state index in [0.29, 0.717) is 0 Å². The van der Waals surface area contributed by atoms with Gasteiger partial charge in [0.2, 0.25) is 0 Å². The fourth-order valence-corrected chi connectivity index (χ4v) is 5.50.